The average molecular weight is 373 g/mol. The Balaban J connectivity index is 1.90. The molecule has 24 heavy (non-hydrogen) atoms. The van der Waals surface area contributed by atoms with E-state index in [9.17, 15) is 4.79 Å². The second-order valence-electron chi connectivity index (χ2n) is 6.74. The van der Waals surface area contributed by atoms with Crippen molar-refractivity contribution in [2.24, 2.45) is 11.3 Å². The number of rotatable bonds is 7. The van der Waals surface area contributed by atoms with Gasteiger partial charge in [-0.15, -0.1) is 0 Å². The lowest BCUT2D eigenvalue weighted by molar-refractivity contribution is -0.125. The van der Waals surface area contributed by atoms with Gasteiger partial charge < -0.3 is 15.4 Å². The number of carbonyl (C=O) groups excluding carboxylic acids is 1. The molecule has 1 heterocycles. The number of hydrogen-bond donors (Lipinski definition) is 2. The molecule has 1 fully saturated rings. The first-order valence-electron chi connectivity index (χ1n) is 8.37. The normalized spacial score (nSPS) is 18.2. The van der Waals surface area contributed by atoms with E-state index in [0.29, 0.717) is 29.6 Å². The number of carbonyl (C=O) groups is 1. The fourth-order valence-electron chi connectivity index (χ4n) is 3.19. The van der Waals surface area contributed by atoms with Gasteiger partial charge in [-0.1, -0.05) is 36.2 Å². The van der Waals surface area contributed by atoms with Crippen LogP contribution in [0.2, 0.25) is 10.0 Å². The van der Waals surface area contributed by atoms with Crippen LogP contribution in [0, 0.1) is 11.3 Å². The molecule has 2 rings (SSSR count). The Morgan fingerprint density at radius 3 is 2.71 bits per heavy atom. The first kappa shape index (κ1) is 19.5. The number of methoxy groups -OCH3 is 1. The summed E-state index contributed by atoms with van der Waals surface area (Å²) in [7, 11) is 1.72. The maximum Gasteiger partial charge on any atom is 0.223 e. The van der Waals surface area contributed by atoms with Crippen molar-refractivity contribution in [3.05, 3.63) is 33.8 Å². The highest BCUT2D eigenvalue weighted by atomic mass is 35.5. The van der Waals surface area contributed by atoms with Crippen molar-refractivity contribution in [2.45, 2.75) is 26.2 Å². The molecule has 4 nitrogen and oxygen atoms in total. The minimum atomic E-state index is -0.148. The van der Waals surface area contributed by atoms with Gasteiger partial charge in [0.2, 0.25) is 5.91 Å². The highest BCUT2D eigenvalue weighted by molar-refractivity contribution is 6.35. The zero-order chi connectivity index (χ0) is 17.6. The molecule has 0 saturated carbocycles. The van der Waals surface area contributed by atoms with E-state index in [4.69, 9.17) is 27.9 Å². The summed E-state index contributed by atoms with van der Waals surface area (Å²) in [5.74, 6) is -0.0972. The summed E-state index contributed by atoms with van der Waals surface area (Å²) in [6.07, 6.45) is 2.62. The first-order chi connectivity index (χ1) is 11.5. The number of hydrogen-bond acceptors (Lipinski definition) is 3. The third kappa shape index (κ3) is 5.35. The van der Waals surface area contributed by atoms with E-state index < -0.39 is 0 Å². The van der Waals surface area contributed by atoms with Gasteiger partial charge in [0.05, 0.1) is 6.61 Å². The van der Waals surface area contributed by atoms with E-state index >= 15 is 0 Å². The lowest BCUT2D eigenvalue weighted by Crippen LogP contribution is -2.48. The van der Waals surface area contributed by atoms with Crippen molar-refractivity contribution in [3.8, 4) is 0 Å². The zero-order valence-electron chi connectivity index (χ0n) is 14.3. The SMILES string of the molecule is COCC1(CNC(=O)C(C)Cc2ccc(Cl)cc2Cl)CCNCC1. The van der Waals surface area contributed by atoms with Crippen LogP contribution in [0.15, 0.2) is 18.2 Å². The van der Waals surface area contributed by atoms with Crippen LogP contribution in [0.1, 0.15) is 25.3 Å². The molecule has 6 heteroatoms. The topological polar surface area (TPSA) is 50.4 Å². The van der Waals surface area contributed by atoms with Crippen LogP contribution in [0.4, 0.5) is 0 Å². The number of piperidine rings is 1. The zero-order valence-corrected chi connectivity index (χ0v) is 15.8. The van der Waals surface area contributed by atoms with E-state index in [1.54, 1.807) is 19.2 Å². The molecule has 0 aromatic heterocycles. The van der Waals surface area contributed by atoms with Gasteiger partial charge in [0.1, 0.15) is 0 Å². The first-order valence-corrected chi connectivity index (χ1v) is 9.13. The van der Waals surface area contributed by atoms with Crippen molar-refractivity contribution >= 4 is 29.1 Å². The molecule has 1 aromatic carbocycles. The van der Waals surface area contributed by atoms with Crippen molar-refractivity contribution < 1.29 is 9.53 Å². The Morgan fingerprint density at radius 2 is 2.08 bits per heavy atom. The number of amides is 1. The van der Waals surface area contributed by atoms with Gasteiger partial charge in [-0.05, 0) is 50.0 Å². The molecular formula is C18H26Cl2N2O2. The Kier molecular flexibility index (Phi) is 7.35. The maximum atomic E-state index is 12.5. The summed E-state index contributed by atoms with van der Waals surface area (Å²) in [5, 5.41) is 7.68. The fourth-order valence-corrected chi connectivity index (χ4v) is 3.68. The van der Waals surface area contributed by atoms with Gasteiger partial charge in [-0.2, -0.15) is 0 Å². The van der Waals surface area contributed by atoms with E-state index in [-0.39, 0.29) is 17.2 Å². The lowest BCUT2D eigenvalue weighted by Gasteiger charge is -2.37. The Bertz CT molecular complexity index is 554. The van der Waals surface area contributed by atoms with Crippen LogP contribution in [-0.2, 0) is 16.0 Å². The number of benzene rings is 1. The largest absolute Gasteiger partial charge is 0.384 e. The standard InChI is InChI=1S/C18H26Cl2N2O2/c1-13(9-14-3-4-15(19)10-16(14)20)17(23)22-11-18(12-24-2)5-7-21-8-6-18/h3-4,10,13,21H,5-9,11-12H2,1-2H3,(H,22,23). The molecule has 0 radical (unpaired) electrons. The molecule has 1 aliphatic rings. The average Bonchev–Trinajstić information content (AvgIpc) is 2.56. The quantitative estimate of drug-likeness (QED) is 0.771. The second kappa shape index (κ2) is 9.04. The fraction of sp³-hybridized carbons (Fsp3) is 0.611. The maximum absolute atomic E-state index is 12.5. The van der Waals surface area contributed by atoms with Gasteiger partial charge in [-0.25, -0.2) is 0 Å². The van der Waals surface area contributed by atoms with Crippen molar-refractivity contribution in [3.63, 3.8) is 0 Å². The predicted molar refractivity (Wildman–Crippen MR) is 98.8 cm³/mol. The van der Waals surface area contributed by atoms with E-state index in [1.165, 1.54) is 0 Å². The molecule has 2 N–H and O–H groups in total. The third-order valence-electron chi connectivity index (χ3n) is 4.74. The Morgan fingerprint density at radius 1 is 1.38 bits per heavy atom. The molecule has 1 aliphatic heterocycles. The lowest BCUT2D eigenvalue weighted by atomic mass is 9.79. The van der Waals surface area contributed by atoms with Crippen LogP contribution in [0.25, 0.3) is 0 Å². The molecule has 1 atom stereocenters. The van der Waals surface area contributed by atoms with Crippen molar-refractivity contribution in [2.75, 3.05) is 33.4 Å². The minimum absolute atomic E-state index is 0.0350. The number of ether oxygens (including phenoxy) is 1. The van der Waals surface area contributed by atoms with Crippen LogP contribution in [0.3, 0.4) is 0 Å². The van der Waals surface area contributed by atoms with Crippen molar-refractivity contribution in [1.82, 2.24) is 10.6 Å². The smallest absolute Gasteiger partial charge is 0.223 e. The molecular weight excluding hydrogens is 347 g/mol. The predicted octanol–water partition coefficient (Wildman–Crippen LogP) is 3.30. The molecule has 0 aliphatic carbocycles. The highest BCUT2D eigenvalue weighted by Crippen LogP contribution is 2.28. The summed E-state index contributed by atoms with van der Waals surface area (Å²) in [6, 6.07) is 5.40. The monoisotopic (exact) mass is 372 g/mol. The summed E-state index contributed by atoms with van der Waals surface area (Å²) in [6.45, 7) is 5.18. The summed E-state index contributed by atoms with van der Waals surface area (Å²) in [5.41, 5.74) is 0.977. The van der Waals surface area contributed by atoms with E-state index in [2.05, 4.69) is 10.6 Å². The molecule has 1 amide bonds. The van der Waals surface area contributed by atoms with Gasteiger partial charge in [0.25, 0.3) is 0 Å². The van der Waals surface area contributed by atoms with Crippen LogP contribution in [0.5, 0.6) is 0 Å². The Labute approximate surface area is 154 Å². The number of nitrogens with one attached hydrogen (secondary N) is 2. The molecule has 1 unspecified atom stereocenters. The van der Waals surface area contributed by atoms with E-state index in [1.807, 2.05) is 13.0 Å². The van der Waals surface area contributed by atoms with Gasteiger partial charge in [-0.3, -0.25) is 4.79 Å². The van der Waals surface area contributed by atoms with Crippen LogP contribution >= 0.6 is 23.2 Å². The third-order valence-corrected chi connectivity index (χ3v) is 5.33. The van der Waals surface area contributed by atoms with Gasteiger partial charge in [0.15, 0.2) is 0 Å². The summed E-state index contributed by atoms with van der Waals surface area (Å²) >= 11 is 12.1. The van der Waals surface area contributed by atoms with Gasteiger partial charge >= 0.3 is 0 Å². The molecule has 1 aromatic rings. The Hall–Kier alpha value is -0.810. The molecule has 0 bridgehead atoms. The highest BCUT2D eigenvalue weighted by Gasteiger charge is 2.32. The van der Waals surface area contributed by atoms with E-state index in [0.717, 1.165) is 31.5 Å². The molecule has 1 saturated heterocycles. The van der Waals surface area contributed by atoms with Gasteiger partial charge in [0, 0.05) is 35.0 Å². The molecule has 134 valence electrons. The number of halogens is 2. The van der Waals surface area contributed by atoms with Crippen LogP contribution < -0.4 is 10.6 Å². The van der Waals surface area contributed by atoms with Crippen molar-refractivity contribution in [1.29, 1.82) is 0 Å². The minimum Gasteiger partial charge on any atom is -0.384 e. The summed E-state index contributed by atoms with van der Waals surface area (Å²) in [4.78, 5) is 12.5. The summed E-state index contributed by atoms with van der Waals surface area (Å²) < 4.78 is 5.39. The molecule has 0 spiro atoms. The van der Waals surface area contributed by atoms with Crippen LogP contribution in [-0.4, -0.2) is 39.3 Å². The second-order valence-corrected chi connectivity index (χ2v) is 7.59.